The number of carboxylic acids is 1. The van der Waals surface area contributed by atoms with Gasteiger partial charge in [0.05, 0.1) is 0 Å². The van der Waals surface area contributed by atoms with Crippen LogP contribution < -0.4 is 0 Å². The second-order valence-electron chi connectivity index (χ2n) is 5.55. The molecule has 0 spiro atoms. The average Bonchev–Trinajstić information content (AvgIpc) is 3.02. The quantitative estimate of drug-likeness (QED) is 0.546. The SMILES string of the molecule is O=C(O)c1oc2ccc(-c3ccccc3)cc2c1-c1ccccc1. The maximum Gasteiger partial charge on any atom is 0.372 e. The van der Waals surface area contributed by atoms with Crippen molar-refractivity contribution in [1.82, 2.24) is 0 Å². The highest BCUT2D eigenvalue weighted by molar-refractivity contribution is 6.06. The zero-order valence-electron chi connectivity index (χ0n) is 12.8. The molecule has 1 N–H and O–H groups in total. The number of rotatable bonds is 3. The topological polar surface area (TPSA) is 50.4 Å². The van der Waals surface area contributed by atoms with Gasteiger partial charge in [-0.2, -0.15) is 0 Å². The van der Waals surface area contributed by atoms with E-state index < -0.39 is 5.97 Å². The summed E-state index contributed by atoms with van der Waals surface area (Å²) in [7, 11) is 0. The molecule has 0 atom stereocenters. The summed E-state index contributed by atoms with van der Waals surface area (Å²) in [6.07, 6.45) is 0. The standard InChI is InChI=1S/C21H14O3/c22-21(23)20-19(15-9-5-2-6-10-15)17-13-16(11-12-18(17)24-20)14-7-3-1-4-8-14/h1-13H,(H,22,23). The monoisotopic (exact) mass is 314 g/mol. The molecule has 0 radical (unpaired) electrons. The first-order valence-corrected chi connectivity index (χ1v) is 7.65. The molecule has 1 aromatic heterocycles. The second kappa shape index (κ2) is 5.70. The van der Waals surface area contributed by atoms with E-state index in [0.29, 0.717) is 11.1 Å². The second-order valence-corrected chi connectivity index (χ2v) is 5.55. The highest BCUT2D eigenvalue weighted by atomic mass is 16.4. The van der Waals surface area contributed by atoms with Gasteiger partial charge in [-0.3, -0.25) is 0 Å². The molecule has 0 amide bonds. The molecule has 0 saturated heterocycles. The number of carbonyl (C=O) groups is 1. The summed E-state index contributed by atoms with van der Waals surface area (Å²) in [5.74, 6) is -1.09. The van der Waals surface area contributed by atoms with Crippen LogP contribution >= 0.6 is 0 Å². The maximum absolute atomic E-state index is 11.6. The molecule has 3 heteroatoms. The molecule has 0 aliphatic rings. The minimum absolute atomic E-state index is 0.0265. The minimum atomic E-state index is -1.06. The summed E-state index contributed by atoms with van der Waals surface area (Å²) in [4.78, 5) is 11.6. The van der Waals surface area contributed by atoms with Gasteiger partial charge in [0.15, 0.2) is 0 Å². The van der Waals surface area contributed by atoms with Crippen molar-refractivity contribution in [2.45, 2.75) is 0 Å². The van der Waals surface area contributed by atoms with Crippen molar-refractivity contribution in [3.05, 3.63) is 84.6 Å². The van der Waals surface area contributed by atoms with Crippen LogP contribution in [0, 0.1) is 0 Å². The number of fused-ring (bicyclic) bond motifs is 1. The summed E-state index contributed by atoms with van der Waals surface area (Å²) < 4.78 is 5.61. The molecule has 0 aliphatic carbocycles. The van der Waals surface area contributed by atoms with Crippen molar-refractivity contribution in [3.8, 4) is 22.3 Å². The molecule has 24 heavy (non-hydrogen) atoms. The van der Waals surface area contributed by atoms with Gasteiger partial charge in [0.1, 0.15) is 5.58 Å². The van der Waals surface area contributed by atoms with E-state index in [9.17, 15) is 9.90 Å². The van der Waals surface area contributed by atoms with Gasteiger partial charge in [-0.15, -0.1) is 0 Å². The summed E-state index contributed by atoms with van der Waals surface area (Å²) >= 11 is 0. The van der Waals surface area contributed by atoms with E-state index in [1.807, 2.05) is 78.9 Å². The number of benzene rings is 3. The molecule has 4 aromatic rings. The Balaban J connectivity index is 2.01. The van der Waals surface area contributed by atoms with Crippen molar-refractivity contribution in [2.75, 3.05) is 0 Å². The lowest BCUT2D eigenvalue weighted by Gasteiger charge is -2.03. The van der Waals surface area contributed by atoms with Gasteiger partial charge in [-0.25, -0.2) is 4.79 Å². The lowest BCUT2D eigenvalue weighted by Crippen LogP contribution is -1.95. The molecule has 3 aromatic carbocycles. The number of aromatic carboxylic acids is 1. The van der Waals surface area contributed by atoms with Crippen molar-refractivity contribution in [2.24, 2.45) is 0 Å². The Kier molecular flexibility index (Phi) is 3.39. The third-order valence-corrected chi connectivity index (χ3v) is 4.05. The third-order valence-electron chi connectivity index (χ3n) is 4.05. The lowest BCUT2D eigenvalue weighted by atomic mass is 9.98. The smallest absolute Gasteiger partial charge is 0.372 e. The van der Waals surface area contributed by atoms with Gasteiger partial charge >= 0.3 is 5.97 Å². The lowest BCUT2D eigenvalue weighted by molar-refractivity contribution is 0.0666. The van der Waals surface area contributed by atoms with E-state index in [-0.39, 0.29) is 5.76 Å². The molecular formula is C21H14O3. The van der Waals surface area contributed by atoms with Crippen LogP contribution in [0.2, 0.25) is 0 Å². The first-order chi connectivity index (χ1) is 11.7. The van der Waals surface area contributed by atoms with Gasteiger partial charge in [-0.05, 0) is 28.8 Å². The Morgan fingerprint density at radius 3 is 2.00 bits per heavy atom. The Hall–Kier alpha value is -3.33. The van der Waals surface area contributed by atoms with Crippen LogP contribution in [0.1, 0.15) is 10.6 Å². The fraction of sp³-hybridized carbons (Fsp3) is 0. The summed E-state index contributed by atoms with van der Waals surface area (Å²) in [6, 6.07) is 25.2. The first kappa shape index (κ1) is 14.3. The molecule has 0 unspecified atom stereocenters. The van der Waals surface area contributed by atoms with E-state index in [1.165, 1.54) is 0 Å². The van der Waals surface area contributed by atoms with E-state index in [4.69, 9.17) is 4.42 Å². The zero-order chi connectivity index (χ0) is 16.5. The predicted molar refractivity (Wildman–Crippen MR) is 94.0 cm³/mol. The van der Waals surface area contributed by atoms with Crippen LogP contribution in [-0.2, 0) is 0 Å². The maximum atomic E-state index is 11.6. The first-order valence-electron chi connectivity index (χ1n) is 7.65. The third kappa shape index (κ3) is 2.36. The van der Waals surface area contributed by atoms with E-state index in [1.54, 1.807) is 0 Å². The Bertz CT molecular complexity index is 1020. The highest BCUT2D eigenvalue weighted by Crippen LogP contribution is 2.37. The van der Waals surface area contributed by atoms with Crippen molar-refractivity contribution in [3.63, 3.8) is 0 Å². The Morgan fingerprint density at radius 2 is 1.38 bits per heavy atom. The van der Waals surface area contributed by atoms with Gasteiger partial charge in [0.25, 0.3) is 0 Å². The molecular weight excluding hydrogens is 300 g/mol. The van der Waals surface area contributed by atoms with Crippen molar-refractivity contribution >= 4 is 16.9 Å². The van der Waals surface area contributed by atoms with Crippen molar-refractivity contribution < 1.29 is 14.3 Å². The Morgan fingerprint density at radius 1 is 0.750 bits per heavy atom. The normalized spacial score (nSPS) is 10.8. The number of hydrogen-bond acceptors (Lipinski definition) is 2. The average molecular weight is 314 g/mol. The fourth-order valence-corrected chi connectivity index (χ4v) is 2.95. The van der Waals surface area contributed by atoms with Crippen LogP contribution in [0.25, 0.3) is 33.2 Å². The zero-order valence-corrected chi connectivity index (χ0v) is 12.8. The summed E-state index contributed by atoms with van der Waals surface area (Å²) in [6.45, 7) is 0. The largest absolute Gasteiger partial charge is 0.475 e. The molecule has 4 rings (SSSR count). The molecule has 3 nitrogen and oxygen atoms in total. The van der Waals surface area contributed by atoms with Gasteiger partial charge in [-0.1, -0.05) is 66.7 Å². The highest BCUT2D eigenvalue weighted by Gasteiger charge is 2.21. The van der Waals surface area contributed by atoms with Gasteiger partial charge in [0.2, 0.25) is 5.76 Å². The van der Waals surface area contributed by atoms with Crippen LogP contribution in [0.15, 0.2) is 83.3 Å². The molecule has 116 valence electrons. The molecule has 0 fully saturated rings. The number of carboxylic acid groups (broad SMARTS) is 1. The fourth-order valence-electron chi connectivity index (χ4n) is 2.95. The van der Waals surface area contributed by atoms with Crippen molar-refractivity contribution in [1.29, 1.82) is 0 Å². The van der Waals surface area contributed by atoms with Crippen LogP contribution in [0.3, 0.4) is 0 Å². The van der Waals surface area contributed by atoms with E-state index in [2.05, 4.69) is 0 Å². The Labute approximate surface area is 138 Å². The van der Waals surface area contributed by atoms with E-state index in [0.717, 1.165) is 22.1 Å². The van der Waals surface area contributed by atoms with Crippen LogP contribution in [-0.4, -0.2) is 11.1 Å². The minimum Gasteiger partial charge on any atom is -0.475 e. The van der Waals surface area contributed by atoms with Gasteiger partial charge in [0, 0.05) is 10.9 Å². The molecule has 0 saturated carbocycles. The number of furan rings is 1. The summed E-state index contributed by atoms with van der Waals surface area (Å²) in [5, 5.41) is 10.3. The molecule has 0 bridgehead atoms. The van der Waals surface area contributed by atoms with E-state index >= 15 is 0 Å². The predicted octanol–water partition coefficient (Wildman–Crippen LogP) is 5.47. The summed E-state index contributed by atoms with van der Waals surface area (Å²) in [5.41, 5.74) is 4.13. The molecule has 0 aliphatic heterocycles. The van der Waals surface area contributed by atoms with Crippen LogP contribution in [0.4, 0.5) is 0 Å². The molecule has 1 heterocycles. The van der Waals surface area contributed by atoms with Gasteiger partial charge < -0.3 is 9.52 Å². The number of hydrogen-bond donors (Lipinski definition) is 1. The van der Waals surface area contributed by atoms with Crippen LogP contribution in [0.5, 0.6) is 0 Å².